The topological polar surface area (TPSA) is 110 Å². The number of hydrogen-bond acceptors (Lipinski definition) is 4. The van der Waals surface area contributed by atoms with Crippen molar-refractivity contribution in [1.82, 2.24) is 14.5 Å². The van der Waals surface area contributed by atoms with Crippen molar-refractivity contribution in [3.8, 4) is 5.69 Å². The number of amides is 1. The molecule has 0 aliphatic heterocycles. The third kappa shape index (κ3) is 3.99. The van der Waals surface area contributed by atoms with Gasteiger partial charge < -0.3 is 15.0 Å². The summed E-state index contributed by atoms with van der Waals surface area (Å²) in [7, 11) is 1.54. The zero-order valence-electron chi connectivity index (χ0n) is 21.4. The van der Waals surface area contributed by atoms with Gasteiger partial charge in [-0.25, -0.2) is 22.9 Å². The van der Waals surface area contributed by atoms with Crippen LogP contribution in [-0.2, 0) is 23.1 Å². The van der Waals surface area contributed by atoms with Crippen LogP contribution in [0, 0.1) is 23.2 Å². The van der Waals surface area contributed by atoms with Gasteiger partial charge in [0.2, 0.25) is 5.91 Å². The second-order valence-electron chi connectivity index (χ2n) is 11.5. The lowest BCUT2D eigenvalue weighted by Crippen LogP contribution is -2.62. The standard InChI is InChI=1S/C29H29F2N3O5/c1-33-9-8-24(35)34(27(33)39)23-7-3-5-20-17(4-2-6-21(20)23)12-22(25(36)37)32-26(38)28-13-16-10-18(14-28)29(30,31)19(11-16)15-28/h2-9,16,18-19,22H,10-15H2,1H3,(H,32,38)(H,36,37)/t16?,18-,19+,22-,28?/m0/s1. The Morgan fingerprint density at radius 3 is 2.38 bits per heavy atom. The van der Waals surface area contributed by atoms with Gasteiger partial charge >= 0.3 is 11.7 Å². The maximum atomic E-state index is 14.7. The van der Waals surface area contributed by atoms with Gasteiger partial charge in [0.1, 0.15) is 6.04 Å². The molecule has 1 amide bonds. The number of carboxylic acid groups (broad SMARTS) is 1. The fourth-order valence-corrected chi connectivity index (χ4v) is 7.43. The number of aromatic nitrogens is 2. The molecule has 1 aromatic heterocycles. The molecule has 2 aromatic carbocycles. The average molecular weight is 538 g/mol. The predicted molar refractivity (Wildman–Crippen MR) is 139 cm³/mol. The zero-order valence-corrected chi connectivity index (χ0v) is 21.4. The van der Waals surface area contributed by atoms with Gasteiger partial charge in [0.05, 0.1) is 11.1 Å². The van der Waals surface area contributed by atoms with E-state index < -0.39 is 52.3 Å². The molecule has 0 spiro atoms. The molecule has 10 heteroatoms. The molecule has 4 fully saturated rings. The molecular weight excluding hydrogens is 508 g/mol. The van der Waals surface area contributed by atoms with Crippen LogP contribution >= 0.6 is 0 Å². The van der Waals surface area contributed by atoms with E-state index in [1.807, 2.05) is 0 Å². The molecule has 39 heavy (non-hydrogen) atoms. The van der Waals surface area contributed by atoms with Gasteiger partial charge in [0.15, 0.2) is 0 Å². The lowest BCUT2D eigenvalue weighted by molar-refractivity contribution is -0.224. The predicted octanol–water partition coefficient (Wildman–Crippen LogP) is 3.26. The van der Waals surface area contributed by atoms with E-state index >= 15 is 0 Å². The van der Waals surface area contributed by atoms with E-state index in [0.717, 1.165) is 4.57 Å². The van der Waals surface area contributed by atoms with Gasteiger partial charge in [0, 0.05) is 43.0 Å². The Kier molecular flexibility index (Phi) is 5.78. The Balaban J connectivity index is 1.31. The Morgan fingerprint density at radius 2 is 1.69 bits per heavy atom. The molecule has 0 radical (unpaired) electrons. The van der Waals surface area contributed by atoms with Crippen LogP contribution in [0.25, 0.3) is 16.5 Å². The number of carboxylic acids is 1. The Labute approximate surface area is 222 Å². The average Bonchev–Trinajstić information content (AvgIpc) is 2.89. The van der Waals surface area contributed by atoms with Crippen molar-refractivity contribution in [2.45, 2.75) is 50.5 Å². The van der Waals surface area contributed by atoms with Gasteiger partial charge in [-0.3, -0.25) is 9.59 Å². The minimum absolute atomic E-state index is 0.0495. The van der Waals surface area contributed by atoms with Crippen LogP contribution in [0.4, 0.5) is 8.78 Å². The first-order valence-corrected chi connectivity index (χ1v) is 13.2. The molecule has 4 bridgehead atoms. The summed E-state index contributed by atoms with van der Waals surface area (Å²) >= 11 is 0. The highest BCUT2D eigenvalue weighted by Gasteiger charge is 2.66. The van der Waals surface area contributed by atoms with Crippen molar-refractivity contribution >= 4 is 22.6 Å². The summed E-state index contributed by atoms with van der Waals surface area (Å²) in [6.07, 6.45) is 2.88. The van der Waals surface area contributed by atoms with Crippen molar-refractivity contribution in [1.29, 1.82) is 0 Å². The third-order valence-electron chi connectivity index (χ3n) is 9.17. The molecule has 2 unspecified atom stereocenters. The summed E-state index contributed by atoms with van der Waals surface area (Å²) in [5.41, 5.74) is -0.984. The minimum Gasteiger partial charge on any atom is -0.480 e. The summed E-state index contributed by atoms with van der Waals surface area (Å²) in [5, 5.41) is 14.0. The number of alkyl halides is 2. The number of rotatable bonds is 6. The van der Waals surface area contributed by atoms with Gasteiger partial charge in [0.25, 0.3) is 11.5 Å². The van der Waals surface area contributed by atoms with Crippen molar-refractivity contribution in [2.75, 3.05) is 0 Å². The monoisotopic (exact) mass is 537 g/mol. The number of aryl methyl sites for hydroxylation is 1. The smallest absolute Gasteiger partial charge is 0.335 e. The molecule has 4 aliphatic carbocycles. The van der Waals surface area contributed by atoms with Crippen LogP contribution in [-0.4, -0.2) is 38.1 Å². The van der Waals surface area contributed by atoms with Gasteiger partial charge in [-0.1, -0.05) is 30.3 Å². The molecule has 5 atom stereocenters. The summed E-state index contributed by atoms with van der Waals surface area (Å²) in [5.74, 6) is -6.03. The largest absolute Gasteiger partial charge is 0.480 e. The molecule has 0 saturated heterocycles. The Hall–Kier alpha value is -3.82. The van der Waals surface area contributed by atoms with E-state index in [1.165, 1.54) is 16.8 Å². The second-order valence-corrected chi connectivity index (χ2v) is 11.5. The Bertz CT molecular complexity index is 1610. The van der Waals surface area contributed by atoms with Crippen LogP contribution in [0.15, 0.2) is 58.3 Å². The molecule has 4 saturated carbocycles. The molecule has 204 valence electrons. The van der Waals surface area contributed by atoms with Crippen molar-refractivity contribution in [2.24, 2.45) is 30.2 Å². The normalized spacial score (nSPS) is 27.4. The molecule has 1 heterocycles. The number of nitrogens with zero attached hydrogens (tertiary/aromatic N) is 2. The van der Waals surface area contributed by atoms with Gasteiger partial charge in [-0.2, -0.15) is 0 Å². The highest BCUT2D eigenvalue weighted by molar-refractivity contribution is 5.93. The van der Waals surface area contributed by atoms with Crippen molar-refractivity contribution in [3.63, 3.8) is 0 Å². The number of aliphatic carboxylic acids is 1. The summed E-state index contributed by atoms with van der Waals surface area (Å²) < 4.78 is 31.8. The van der Waals surface area contributed by atoms with E-state index in [9.17, 15) is 33.1 Å². The Morgan fingerprint density at radius 1 is 1.03 bits per heavy atom. The van der Waals surface area contributed by atoms with E-state index in [1.54, 1.807) is 43.4 Å². The summed E-state index contributed by atoms with van der Waals surface area (Å²) in [6, 6.07) is 10.3. The van der Waals surface area contributed by atoms with Gasteiger partial charge in [-0.15, -0.1) is 0 Å². The van der Waals surface area contributed by atoms with Crippen LogP contribution in [0.5, 0.6) is 0 Å². The number of hydrogen-bond donors (Lipinski definition) is 2. The highest BCUT2D eigenvalue weighted by atomic mass is 19.3. The number of benzene rings is 2. The van der Waals surface area contributed by atoms with Crippen LogP contribution in [0.2, 0.25) is 0 Å². The molecule has 4 aliphatic rings. The first kappa shape index (κ1) is 25.5. The number of carbonyl (C=O) groups is 2. The molecule has 8 nitrogen and oxygen atoms in total. The quantitative estimate of drug-likeness (QED) is 0.502. The summed E-state index contributed by atoms with van der Waals surface area (Å²) in [4.78, 5) is 51.2. The number of halogens is 2. The molecule has 7 rings (SSSR count). The lowest BCUT2D eigenvalue weighted by Gasteiger charge is -2.58. The fourth-order valence-electron chi connectivity index (χ4n) is 7.43. The van der Waals surface area contributed by atoms with E-state index in [0.29, 0.717) is 41.3 Å². The third-order valence-corrected chi connectivity index (χ3v) is 9.17. The van der Waals surface area contributed by atoms with Crippen molar-refractivity contribution < 1.29 is 23.5 Å². The molecule has 2 N–H and O–H groups in total. The van der Waals surface area contributed by atoms with E-state index in [-0.39, 0.29) is 25.2 Å². The molecule has 3 aromatic rings. The van der Waals surface area contributed by atoms with Crippen molar-refractivity contribution in [3.05, 3.63) is 75.1 Å². The molecular formula is C29H29F2N3O5. The maximum absolute atomic E-state index is 14.7. The maximum Gasteiger partial charge on any atom is 0.335 e. The van der Waals surface area contributed by atoms with Crippen LogP contribution in [0.3, 0.4) is 0 Å². The SMILES string of the molecule is Cn1ccc(=O)n(-c2cccc3c(C[C@H](NC(=O)C45CC6C[C@H](C4)C(F)(F)[C@@H](C6)C5)C(=O)O)cccc23)c1=O. The number of carbonyl (C=O) groups excluding carboxylic acids is 1. The van der Waals surface area contributed by atoms with Crippen LogP contribution in [0.1, 0.15) is 37.7 Å². The van der Waals surface area contributed by atoms with E-state index in [4.69, 9.17) is 0 Å². The first-order valence-electron chi connectivity index (χ1n) is 13.2. The van der Waals surface area contributed by atoms with Crippen LogP contribution < -0.4 is 16.6 Å². The second kappa shape index (κ2) is 8.86. The highest BCUT2D eigenvalue weighted by Crippen LogP contribution is 2.65. The number of fused-ring (bicyclic) bond motifs is 1. The van der Waals surface area contributed by atoms with Gasteiger partial charge in [-0.05, 0) is 55.0 Å². The lowest BCUT2D eigenvalue weighted by atomic mass is 9.48. The first-order chi connectivity index (χ1) is 18.5. The fraction of sp³-hybridized carbons (Fsp3) is 0.448. The minimum atomic E-state index is -2.77. The number of nitrogens with one attached hydrogen (secondary N) is 1. The summed E-state index contributed by atoms with van der Waals surface area (Å²) in [6.45, 7) is 0. The zero-order chi connectivity index (χ0) is 27.7. The van der Waals surface area contributed by atoms with E-state index in [2.05, 4.69) is 5.32 Å².